The van der Waals surface area contributed by atoms with Gasteiger partial charge in [0.2, 0.25) is 0 Å². The Morgan fingerprint density at radius 3 is 2.50 bits per heavy atom. The third-order valence-corrected chi connectivity index (χ3v) is 4.47. The molecule has 0 saturated heterocycles. The van der Waals surface area contributed by atoms with E-state index in [-0.39, 0.29) is 11.3 Å². The van der Waals surface area contributed by atoms with Crippen molar-refractivity contribution in [2.75, 3.05) is 0 Å². The minimum atomic E-state index is -0.859. The maximum Gasteiger partial charge on any atom is 0.0561 e. The molecule has 0 aromatic heterocycles. The predicted octanol–water partition coefficient (Wildman–Crippen LogP) is 1.67. The van der Waals surface area contributed by atoms with Gasteiger partial charge in [-0.1, -0.05) is 18.2 Å². The van der Waals surface area contributed by atoms with Gasteiger partial charge in [0.15, 0.2) is 0 Å². The molecular formula is C11H15NOS. The molecule has 76 valence electrons. The lowest BCUT2D eigenvalue weighted by atomic mass is 10.3. The number of hydrogen-bond donors (Lipinski definition) is 1. The van der Waals surface area contributed by atoms with Crippen LogP contribution in [0.15, 0.2) is 35.2 Å². The fraction of sp³-hybridized carbons (Fsp3) is 0.455. The van der Waals surface area contributed by atoms with Gasteiger partial charge in [0, 0.05) is 16.2 Å². The highest BCUT2D eigenvalue weighted by Crippen LogP contribution is 2.25. The first-order valence-corrected chi connectivity index (χ1v) is 6.20. The van der Waals surface area contributed by atoms with Crippen LogP contribution in [0.4, 0.5) is 0 Å². The Labute approximate surface area is 87.0 Å². The molecule has 0 aliphatic heterocycles. The van der Waals surface area contributed by atoms with E-state index in [9.17, 15) is 4.21 Å². The number of hydrogen-bond acceptors (Lipinski definition) is 2. The van der Waals surface area contributed by atoms with Gasteiger partial charge in [-0.2, -0.15) is 0 Å². The second-order valence-corrected chi connectivity index (χ2v) is 5.54. The maximum atomic E-state index is 12.0. The van der Waals surface area contributed by atoms with Crippen LogP contribution >= 0.6 is 0 Å². The molecule has 1 saturated carbocycles. The van der Waals surface area contributed by atoms with Crippen LogP contribution in [0.1, 0.15) is 19.3 Å². The Kier molecular flexibility index (Phi) is 2.99. The molecule has 0 spiro atoms. The van der Waals surface area contributed by atoms with Gasteiger partial charge < -0.3 is 5.73 Å². The van der Waals surface area contributed by atoms with E-state index in [1.54, 1.807) is 0 Å². The summed E-state index contributed by atoms with van der Waals surface area (Å²) in [6.07, 6.45) is 2.92. The molecule has 0 heterocycles. The molecule has 1 fully saturated rings. The van der Waals surface area contributed by atoms with E-state index in [0.717, 1.165) is 24.2 Å². The van der Waals surface area contributed by atoms with Crippen LogP contribution < -0.4 is 5.73 Å². The third-order valence-electron chi connectivity index (χ3n) is 2.70. The lowest BCUT2D eigenvalue weighted by Gasteiger charge is -2.08. The Bertz CT molecular complexity index is 325. The van der Waals surface area contributed by atoms with Crippen LogP contribution in [0.2, 0.25) is 0 Å². The van der Waals surface area contributed by atoms with Crippen molar-refractivity contribution >= 4 is 10.8 Å². The van der Waals surface area contributed by atoms with Gasteiger partial charge in [-0.25, -0.2) is 0 Å². The number of benzene rings is 1. The van der Waals surface area contributed by atoms with Crippen LogP contribution in [-0.2, 0) is 10.8 Å². The molecule has 1 aliphatic rings. The van der Waals surface area contributed by atoms with Crippen molar-refractivity contribution in [3.05, 3.63) is 30.3 Å². The van der Waals surface area contributed by atoms with Gasteiger partial charge >= 0.3 is 0 Å². The zero-order valence-electron chi connectivity index (χ0n) is 8.06. The zero-order valence-corrected chi connectivity index (χ0v) is 8.87. The van der Waals surface area contributed by atoms with Crippen molar-refractivity contribution in [2.24, 2.45) is 5.73 Å². The summed E-state index contributed by atoms with van der Waals surface area (Å²) in [5.41, 5.74) is 5.81. The molecule has 1 aromatic carbocycles. The minimum Gasteiger partial charge on any atom is -0.328 e. The van der Waals surface area contributed by atoms with Crippen molar-refractivity contribution in [1.29, 1.82) is 0 Å². The third kappa shape index (κ3) is 2.04. The molecule has 2 nitrogen and oxygen atoms in total. The second-order valence-electron chi connectivity index (χ2n) is 3.81. The molecule has 14 heavy (non-hydrogen) atoms. The lowest BCUT2D eigenvalue weighted by molar-refractivity contribution is 0.664. The van der Waals surface area contributed by atoms with E-state index in [1.165, 1.54) is 0 Å². The first-order valence-electron chi connectivity index (χ1n) is 4.98. The minimum absolute atomic E-state index is 0.257. The molecular weight excluding hydrogens is 194 g/mol. The van der Waals surface area contributed by atoms with Crippen molar-refractivity contribution in [3.63, 3.8) is 0 Å². The number of nitrogens with two attached hydrogens (primary N) is 1. The normalized spacial score (nSPS) is 28.9. The second kappa shape index (κ2) is 4.24. The summed E-state index contributed by atoms with van der Waals surface area (Å²) in [6.45, 7) is 0. The van der Waals surface area contributed by atoms with Crippen LogP contribution in [0.25, 0.3) is 0 Å². The van der Waals surface area contributed by atoms with Crippen molar-refractivity contribution < 1.29 is 4.21 Å². The monoisotopic (exact) mass is 209 g/mol. The van der Waals surface area contributed by atoms with Crippen LogP contribution in [-0.4, -0.2) is 15.5 Å². The lowest BCUT2D eigenvalue weighted by Crippen LogP contribution is -2.18. The average molecular weight is 209 g/mol. The molecule has 1 aromatic rings. The summed E-state index contributed by atoms with van der Waals surface area (Å²) in [5, 5.41) is 0.271. The van der Waals surface area contributed by atoms with E-state index in [2.05, 4.69) is 0 Å². The molecule has 3 atom stereocenters. The Morgan fingerprint density at radius 2 is 1.93 bits per heavy atom. The van der Waals surface area contributed by atoms with Crippen LogP contribution in [0.5, 0.6) is 0 Å². The quantitative estimate of drug-likeness (QED) is 0.805. The Morgan fingerprint density at radius 1 is 1.21 bits per heavy atom. The van der Waals surface area contributed by atoms with Crippen LogP contribution in [0.3, 0.4) is 0 Å². The fourth-order valence-electron chi connectivity index (χ4n) is 1.91. The average Bonchev–Trinajstić information content (AvgIpc) is 2.65. The maximum absolute atomic E-state index is 12.0. The van der Waals surface area contributed by atoms with Crippen molar-refractivity contribution in [3.8, 4) is 0 Å². The fourth-order valence-corrected chi connectivity index (χ4v) is 3.50. The van der Waals surface area contributed by atoms with E-state index >= 15 is 0 Å². The van der Waals surface area contributed by atoms with Gasteiger partial charge in [0.25, 0.3) is 0 Å². The van der Waals surface area contributed by atoms with Crippen molar-refractivity contribution in [1.82, 2.24) is 0 Å². The summed E-state index contributed by atoms with van der Waals surface area (Å²) in [4.78, 5) is 0.937. The molecule has 2 N–H and O–H groups in total. The summed E-state index contributed by atoms with van der Waals surface area (Å²) < 4.78 is 12.0. The first kappa shape index (κ1) is 9.87. The summed E-state index contributed by atoms with van der Waals surface area (Å²) in [5.74, 6) is 0. The number of rotatable bonds is 2. The molecule has 1 aliphatic carbocycles. The van der Waals surface area contributed by atoms with Crippen LogP contribution in [0, 0.1) is 0 Å². The zero-order chi connectivity index (χ0) is 9.97. The van der Waals surface area contributed by atoms with Gasteiger partial charge in [-0.3, -0.25) is 4.21 Å². The summed E-state index contributed by atoms with van der Waals surface area (Å²) >= 11 is 0. The van der Waals surface area contributed by atoms with Gasteiger partial charge in [-0.05, 0) is 31.4 Å². The smallest absolute Gasteiger partial charge is 0.0561 e. The van der Waals surface area contributed by atoms with E-state index in [4.69, 9.17) is 5.73 Å². The van der Waals surface area contributed by atoms with E-state index < -0.39 is 10.8 Å². The summed E-state index contributed by atoms with van der Waals surface area (Å²) in [7, 11) is -0.859. The molecule has 0 amide bonds. The predicted molar refractivity (Wildman–Crippen MR) is 58.5 cm³/mol. The van der Waals surface area contributed by atoms with Crippen molar-refractivity contribution in [2.45, 2.75) is 35.4 Å². The summed E-state index contributed by atoms with van der Waals surface area (Å²) in [6, 6.07) is 9.93. The van der Waals surface area contributed by atoms with E-state index in [0.29, 0.717) is 0 Å². The standard InChI is InChI=1S/C11H15NOS/c12-9-6-7-11(8-9)14(13)10-4-2-1-3-5-10/h1-5,9,11H,6-8,12H2. The SMILES string of the molecule is NC1CCC(S(=O)c2ccccc2)C1. The van der Waals surface area contributed by atoms with E-state index in [1.807, 2.05) is 30.3 Å². The highest BCUT2D eigenvalue weighted by atomic mass is 32.2. The largest absolute Gasteiger partial charge is 0.328 e. The highest BCUT2D eigenvalue weighted by Gasteiger charge is 2.27. The highest BCUT2D eigenvalue weighted by molar-refractivity contribution is 7.85. The topological polar surface area (TPSA) is 43.1 Å². The van der Waals surface area contributed by atoms with Gasteiger partial charge in [0.1, 0.15) is 0 Å². The van der Waals surface area contributed by atoms with Gasteiger partial charge in [-0.15, -0.1) is 0 Å². The first-order chi connectivity index (χ1) is 6.77. The van der Waals surface area contributed by atoms with Gasteiger partial charge in [0.05, 0.1) is 10.8 Å². The molecule has 3 heteroatoms. The molecule has 3 unspecified atom stereocenters. The Hall–Kier alpha value is -0.670. The Balaban J connectivity index is 2.10. The molecule has 0 radical (unpaired) electrons. The molecule has 0 bridgehead atoms. The molecule has 2 rings (SSSR count).